The van der Waals surface area contributed by atoms with E-state index in [1.807, 2.05) is 12.1 Å². The van der Waals surface area contributed by atoms with Crippen molar-refractivity contribution in [3.8, 4) is 0 Å². The summed E-state index contributed by atoms with van der Waals surface area (Å²) >= 11 is 5.74. The number of benzene rings is 1. The molecule has 0 bridgehead atoms. The van der Waals surface area contributed by atoms with Gasteiger partial charge in [-0.3, -0.25) is 0 Å². The van der Waals surface area contributed by atoms with Crippen LogP contribution >= 0.6 is 12.2 Å². The molecule has 5 heteroatoms. The highest BCUT2D eigenvalue weighted by atomic mass is 32.1. The van der Waals surface area contributed by atoms with Gasteiger partial charge < -0.3 is 19.5 Å². The van der Waals surface area contributed by atoms with Gasteiger partial charge in [-0.25, -0.2) is 0 Å². The molecule has 1 aliphatic heterocycles. The summed E-state index contributed by atoms with van der Waals surface area (Å²) in [6.45, 7) is 9.59. The molecule has 0 spiro atoms. The molecule has 1 aliphatic rings. The number of hydrogen-bond acceptors (Lipinski definition) is 2. The van der Waals surface area contributed by atoms with Crippen LogP contribution in [0.5, 0.6) is 0 Å². The van der Waals surface area contributed by atoms with E-state index >= 15 is 0 Å². The first-order chi connectivity index (χ1) is 12.6. The van der Waals surface area contributed by atoms with Crippen molar-refractivity contribution in [2.75, 3.05) is 31.5 Å². The summed E-state index contributed by atoms with van der Waals surface area (Å²) in [5, 5.41) is 4.18. The van der Waals surface area contributed by atoms with Gasteiger partial charge in [0, 0.05) is 5.69 Å². The molecule has 0 atom stereocenters. The number of nitrogens with zero attached hydrogens (tertiary/aromatic N) is 1. The molecule has 4 nitrogen and oxygen atoms in total. The molecule has 26 heavy (non-hydrogen) atoms. The third-order valence-electron chi connectivity index (χ3n) is 5.27. The molecule has 1 aromatic heterocycles. The Morgan fingerprint density at radius 3 is 2.65 bits per heavy atom. The van der Waals surface area contributed by atoms with Gasteiger partial charge in [-0.2, -0.15) is 0 Å². The fourth-order valence-corrected chi connectivity index (χ4v) is 3.73. The van der Waals surface area contributed by atoms with Crippen molar-refractivity contribution in [2.24, 2.45) is 0 Å². The summed E-state index contributed by atoms with van der Waals surface area (Å²) in [6.07, 6.45) is 5.80. The molecule has 1 fully saturated rings. The number of piperidine rings is 1. The summed E-state index contributed by atoms with van der Waals surface area (Å²) in [5.41, 5.74) is 3.61. The Kier molecular flexibility index (Phi) is 6.69. The molecule has 2 aromatic rings. The molecule has 1 aromatic carbocycles. The highest BCUT2D eigenvalue weighted by Crippen LogP contribution is 2.15. The average Bonchev–Trinajstić information content (AvgIpc) is 3.15. The van der Waals surface area contributed by atoms with Crippen molar-refractivity contribution in [1.82, 2.24) is 4.90 Å². The van der Waals surface area contributed by atoms with E-state index in [1.54, 1.807) is 11.2 Å². The zero-order valence-corrected chi connectivity index (χ0v) is 16.7. The Labute approximate surface area is 162 Å². The molecular weight excluding hydrogens is 342 g/mol. The Balaban J connectivity index is 1.64. The van der Waals surface area contributed by atoms with Crippen LogP contribution in [0.25, 0.3) is 0 Å². The molecule has 0 saturated carbocycles. The van der Waals surface area contributed by atoms with Gasteiger partial charge in [0.2, 0.25) is 0 Å². The van der Waals surface area contributed by atoms with Gasteiger partial charge in [0.15, 0.2) is 5.11 Å². The molecule has 0 unspecified atom stereocenters. The van der Waals surface area contributed by atoms with Gasteiger partial charge in [-0.1, -0.05) is 6.07 Å². The zero-order valence-electron chi connectivity index (χ0n) is 15.9. The predicted octanol–water partition coefficient (Wildman–Crippen LogP) is 3.16. The topological polar surface area (TPSA) is 32.9 Å². The van der Waals surface area contributed by atoms with E-state index in [2.05, 4.69) is 42.3 Å². The van der Waals surface area contributed by atoms with Crippen LogP contribution in [0.1, 0.15) is 36.1 Å². The van der Waals surface area contributed by atoms with E-state index in [0.29, 0.717) is 6.54 Å². The second-order valence-corrected chi connectivity index (χ2v) is 7.68. The maximum Gasteiger partial charge on any atom is 0.174 e. The van der Waals surface area contributed by atoms with Crippen LogP contribution in [0.2, 0.25) is 0 Å². The Morgan fingerprint density at radius 2 is 1.96 bits per heavy atom. The van der Waals surface area contributed by atoms with Crippen LogP contribution < -0.4 is 10.2 Å². The second-order valence-electron chi connectivity index (χ2n) is 7.29. The smallest absolute Gasteiger partial charge is 0.174 e. The monoisotopic (exact) mass is 372 g/mol. The van der Waals surface area contributed by atoms with Gasteiger partial charge in [0.25, 0.3) is 0 Å². The fraction of sp³-hybridized carbons (Fsp3) is 0.476. The van der Waals surface area contributed by atoms with E-state index in [1.165, 1.54) is 43.5 Å². The Morgan fingerprint density at radius 1 is 1.15 bits per heavy atom. The fourth-order valence-electron chi connectivity index (χ4n) is 3.46. The maximum atomic E-state index is 5.74. The lowest BCUT2D eigenvalue weighted by atomic mass is 10.1. The standard InChI is InChI=1S/C21H29N3OS/c1-17-8-9-19(15-18(17)2)22-21(26)24(16-20-7-6-14-25-20)13-12-23-10-4-3-5-11-23/h6-9,14-15H,3-5,10-13,16H2,1-2H3,(H,22,26)/p+1. The van der Waals surface area contributed by atoms with Gasteiger partial charge in [0.1, 0.15) is 5.76 Å². The van der Waals surface area contributed by atoms with Crippen LogP contribution in [0.15, 0.2) is 41.0 Å². The number of nitrogens with one attached hydrogen (secondary N) is 2. The van der Waals surface area contributed by atoms with Crippen LogP contribution in [0.4, 0.5) is 5.69 Å². The lowest BCUT2D eigenvalue weighted by Gasteiger charge is -2.29. The van der Waals surface area contributed by atoms with Crippen molar-refractivity contribution in [1.29, 1.82) is 0 Å². The average molecular weight is 373 g/mol. The third-order valence-corrected chi connectivity index (χ3v) is 5.63. The number of likely N-dealkylation sites (tertiary alicyclic amines) is 1. The first kappa shape index (κ1) is 18.9. The highest BCUT2D eigenvalue weighted by molar-refractivity contribution is 7.80. The lowest BCUT2D eigenvalue weighted by molar-refractivity contribution is -0.904. The molecule has 2 N–H and O–H groups in total. The van der Waals surface area contributed by atoms with Crippen molar-refractivity contribution < 1.29 is 9.32 Å². The van der Waals surface area contributed by atoms with E-state index < -0.39 is 0 Å². The Bertz CT molecular complexity index is 708. The quantitative estimate of drug-likeness (QED) is 0.763. The number of quaternary nitrogens is 1. The van der Waals surface area contributed by atoms with Gasteiger partial charge in [-0.05, 0) is 80.7 Å². The molecular formula is C21H30N3OS+. The van der Waals surface area contributed by atoms with Gasteiger partial charge in [-0.15, -0.1) is 0 Å². The SMILES string of the molecule is Cc1ccc(NC(=S)N(CC[NH+]2CCCCC2)Cc2ccco2)cc1C. The molecule has 0 radical (unpaired) electrons. The van der Waals surface area contributed by atoms with Crippen molar-refractivity contribution >= 4 is 23.0 Å². The predicted molar refractivity (Wildman–Crippen MR) is 111 cm³/mol. The van der Waals surface area contributed by atoms with E-state index in [-0.39, 0.29) is 0 Å². The molecule has 3 rings (SSSR count). The maximum absolute atomic E-state index is 5.74. The van der Waals surface area contributed by atoms with E-state index in [9.17, 15) is 0 Å². The third kappa shape index (κ3) is 5.32. The number of aryl methyl sites for hydroxylation is 2. The first-order valence-electron chi connectivity index (χ1n) is 9.61. The number of anilines is 1. The second kappa shape index (κ2) is 9.19. The van der Waals surface area contributed by atoms with Crippen LogP contribution in [-0.2, 0) is 6.54 Å². The van der Waals surface area contributed by atoms with Crippen molar-refractivity contribution in [2.45, 2.75) is 39.7 Å². The summed E-state index contributed by atoms with van der Waals surface area (Å²) in [7, 11) is 0. The summed E-state index contributed by atoms with van der Waals surface area (Å²) < 4.78 is 5.56. The van der Waals surface area contributed by atoms with Crippen LogP contribution in [0.3, 0.4) is 0 Å². The van der Waals surface area contributed by atoms with Crippen molar-refractivity contribution in [3.05, 3.63) is 53.5 Å². The summed E-state index contributed by atoms with van der Waals surface area (Å²) in [6, 6.07) is 10.3. The molecule has 0 amide bonds. The molecule has 2 heterocycles. The van der Waals surface area contributed by atoms with Crippen LogP contribution in [-0.4, -0.2) is 36.2 Å². The normalized spacial score (nSPS) is 15.0. The minimum absolute atomic E-state index is 0.705. The molecule has 140 valence electrons. The van der Waals surface area contributed by atoms with Gasteiger partial charge >= 0.3 is 0 Å². The number of thiocarbonyl (C=S) groups is 1. The number of furan rings is 1. The lowest BCUT2D eigenvalue weighted by Crippen LogP contribution is -3.13. The first-order valence-corrected chi connectivity index (χ1v) is 10.0. The van der Waals surface area contributed by atoms with Crippen molar-refractivity contribution in [3.63, 3.8) is 0 Å². The number of rotatable bonds is 6. The largest absolute Gasteiger partial charge is 0.467 e. The van der Waals surface area contributed by atoms with E-state index in [0.717, 1.165) is 29.6 Å². The summed E-state index contributed by atoms with van der Waals surface area (Å²) in [4.78, 5) is 3.92. The number of hydrogen-bond donors (Lipinski definition) is 2. The zero-order chi connectivity index (χ0) is 18.4. The molecule has 0 aliphatic carbocycles. The minimum atomic E-state index is 0.705. The Hall–Kier alpha value is -1.85. The summed E-state index contributed by atoms with van der Waals surface area (Å²) in [5.74, 6) is 0.947. The van der Waals surface area contributed by atoms with Gasteiger partial charge in [0.05, 0.1) is 39.0 Å². The minimum Gasteiger partial charge on any atom is -0.467 e. The van der Waals surface area contributed by atoms with Crippen LogP contribution in [0, 0.1) is 13.8 Å². The molecule has 1 saturated heterocycles. The van der Waals surface area contributed by atoms with E-state index in [4.69, 9.17) is 16.6 Å². The highest BCUT2D eigenvalue weighted by Gasteiger charge is 2.18.